The molecule has 0 saturated carbocycles. The fourth-order valence-corrected chi connectivity index (χ4v) is 1.89. The van der Waals surface area contributed by atoms with Gasteiger partial charge in [-0.1, -0.05) is 0 Å². The van der Waals surface area contributed by atoms with Crippen LogP contribution in [0.15, 0.2) is 18.2 Å². The molecule has 0 aliphatic rings. The molecular weight excluding hydrogens is 318 g/mol. The van der Waals surface area contributed by atoms with Crippen molar-refractivity contribution in [3.63, 3.8) is 0 Å². The average molecular weight is 339 g/mol. The van der Waals surface area contributed by atoms with Crippen molar-refractivity contribution in [1.82, 2.24) is 5.32 Å². The number of aliphatic hydroxyl groups is 1. The Bertz CT molecular complexity index is 613. The fourth-order valence-electron chi connectivity index (χ4n) is 1.89. The van der Waals surface area contributed by atoms with E-state index < -0.39 is 24.5 Å². The number of amides is 1. The van der Waals surface area contributed by atoms with Gasteiger partial charge < -0.3 is 29.4 Å². The van der Waals surface area contributed by atoms with Crippen molar-refractivity contribution in [3.05, 3.63) is 23.8 Å². The van der Waals surface area contributed by atoms with Crippen molar-refractivity contribution < 1.29 is 33.6 Å². The lowest BCUT2D eigenvalue weighted by Gasteiger charge is -2.13. The van der Waals surface area contributed by atoms with Gasteiger partial charge in [0.1, 0.15) is 5.75 Å². The first kappa shape index (κ1) is 19.3. The summed E-state index contributed by atoms with van der Waals surface area (Å²) in [5, 5.41) is 11.4. The minimum absolute atomic E-state index is 0.473. The van der Waals surface area contributed by atoms with Gasteiger partial charge in [0.05, 0.1) is 35.0 Å². The number of nitrogens with one attached hydrogen (secondary N) is 1. The smallest absolute Gasteiger partial charge is 0.330 e. The molecule has 8 heteroatoms. The van der Waals surface area contributed by atoms with Crippen LogP contribution in [0.1, 0.15) is 5.56 Å². The second kappa shape index (κ2) is 9.41. The van der Waals surface area contributed by atoms with Crippen LogP contribution in [-0.2, 0) is 14.3 Å². The van der Waals surface area contributed by atoms with Crippen molar-refractivity contribution in [2.75, 3.05) is 35.0 Å². The predicted molar refractivity (Wildman–Crippen MR) is 86.2 cm³/mol. The van der Waals surface area contributed by atoms with Gasteiger partial charge in [0.2, 0.25) is 5.91 Å². The van der Waals surface area contributed by atoms with Crippen LogP contribution in [0.3, 0.4) is 0 Å². The fraction of sp³-hybridized carbons (Fsp3) is 0.375. The molecule has 1 amide bonds. The maximum absolute atomic E-state index is 11.9. The molecular formula is C16H21NO7. The summed E-state index contributed by atoms with van der Waals surface area (Å²) in [5.74, 6) is 0.130. The largest absolute Gasteiger partial charge is 0.496 e. The van der Waals surface area contributed by atoms with E-state index in [4.69, 9.17) is 19.3 Å². The summed E-state index contributed by atoms with van der Waals surface area (Å²) in [5.41, 5.74) is 0.573. The third kappa shape index (κ3) is 4.88. The monoisotopic (exact) mass is 339 g/mol. The first-order chi connectivity index (χ1) is 11.5. The Labute approximate surface area is 140 Å². The number of aliphatic hydroxyl groups excluding tert-OH is 1. The topological polar surface area (TPSA) is 103 Å². The van der Waals surface area contributed by atoms with E-state index in [0.717, 1.165) is 0 Å². The Morgan fingerprint density at radius 1 is 1.08 bits per heavy atom. The van der Waals surface area contributed by atoms with E-state index in [1.54, 1.807) is 12.1 Å². The number of methoxy groups -OCH3 is 4. The molecule has 0 unspecified atom stereocenters. The number of hydrogen-bond acceptors (Lipinski definition) is 7. The number of benzene rings is 1. The van der Waals surface area contributed by atoms with Gasteiger partial charge in [0, 0.05) is 17.7 Å². The van der Waals surface area contributed by atoms with E-state index in [9.17, 15) is 9.59 Å². The van der Waals surface area contributed by atoms with Crippen LogP contribution in [0.2, 0.25) is 0 Å². The molecule has 0 heterocycles. The molecule has 0 radical (unpaired) electrons. The first-order valence-electron chi connectivity index (χ1n) is 6.97. The van der Waals surface area contributed by atoms with Crippen LogP contribution in [0.25, 0.3) is 6.08 Å². The lowest BCUT2D eigenvalue weighted by atomic mass is 10.1. The molecule has 1 rings (SSSR count). The second-order valence-electron chi connectivity index (χ2n) is 4.55. The molecule has 0 aromatic heterocycles. The third-order valence-corrected chi connectivity index (χ3v) is 3.13. The van der Waals surface area contributed by atoms with Gasteiger partial charge in [-0.3, -0.25) is 4.79 Å². The van der Waals surface area contributed by atoms with E-state index in [2.05, 4.69) is 10.1 Å². The zero-order valence-electron chi connectivity index (χ0n) is 14.0. The van der Waals surface area contributed by atoms with Crippen molar-refractivity contribution in [2.24, 2.45) is 0 Å². The lowest BCUT2D eigenvalue weighted by molar-refractivity contribution is -0.145. The number of esters is 1. The number of carbonyl (C=O) groups excluding carboxylic acids is 2. The highest BCUT2D eigenvalue weighted by molar-refractivity contribution is 5.95. The minimum Gasteiger partial charge on any atom is -0.496 e. The van der Waals surface area contributed by atoms with E-state index in [0.29, 0.717) is 22.8 Å². The van der Waals surface area contributed by atoms with Gasteiger partial charge in [-0.05, 0) is 12.1 Å². The Balaban J connectivity index is 2.96. The number of rotatable bonds is 8. The molecule has 0 saturated heterocycles. The summed E-state index contributed by atoms with van der Waals surface area (Å²) in [6.07, 6.45) is 2.69. The van der Waals surface area contributed by atoms with Gasteiger partial charge >= 0.3 is 5.97 Å². The van der Waals surface area contributed by atoms with Crippen LogP contribution in [-0.4, -0.2) is 58.1 Å². The Kier molecular flexibility index (Phi) is 7.57. The highest BCUT2D eigenvalue weighted by atomic mass is 16.5. The maximum Gasteiger partial charge on any atom is 0.330 e. The highest BCUT2D eigenvalue weighted by Gasteiger charge is 2.19. The summed E-state index contributed by atoms with van der Waals surface area (Å²) in [7, 11) is 5.65. The van der Waals surface area contributed by atoms with Crippen LogP contribution in [0, 0.1) is 0 Å². The summed E-state index contributed by atoms with van der Waals surface area (Å²) in [6, 6.07) is 2.14. The Morgan fingerprint density at radius 2 is 1.67 bits per heavy atom. The molecule has 132 valence electrons. The molecule has 1 aromatic rings. The summed E-state index contributed by atoms with van der Waals surface area (Å²) >= 11 is 0. The zero-order valence-corrected chi connectivity index (χ0v) is 14.0. The molecule has 0 spiro atoms. The Morgan fingerprint density at radius 3 is 2.17 bits per heavy atom. The van der Waals surface area contributed by atoms with Crippen LogP contribution >= 0.6 is 0 Å². The summed E-state index contributed by atoms with van der Waals surface area (Å²) in [6.45, 7) is -0.564. The first-order valence-corrected chi connectivity index (χ1v) is 6.97. The van der Waals surface area contributed by atoms with E-state index >= 15 is 0 Å². The van der Waals surface area contributed by atoms with Gasteiger partial charge in [0.15, 0.2) is 17.5 Å². The Hall–Kier alpha value is -2.74. The molecule has 24 heavy (non-hydrogen) atoms. The highest BCUT2D eigenvalue weighted by Crippen LogP contribution is 2.35. The predicted octanol–water partition coefficient (Wildman–Crippen LogP) is 0.376. The molecule has 0 fully saturated rings. The van der Waals surface area contributed by atoms with Crippen molar-refractivity contribution in [3.8, 4) is 17.2 Å². The van der Waals surface area contributed by atoms with Gasteiger partial charge in [-0.25, -0.2) is 4.79 Å². The van der Waals surface area contributed by atoms with E-state index in [1.807, 2.05) is 0 Å². The maximum atomic E-state index is 11.9. The SMILES string of the molecule is COC(=O)[C@@H](CO)NC(=O)/C=C/c1cc(OC)c(OC)cc1OC. The van der Waals surface area contributed by atoms with Crippen LogP contribution in [0.5, 0.6) is 17.2 Å². The molecule has 0 aliphatic carbocycles. The summed E-state index contributed by atoms with van der Waals surface area (Å²) in [4.78, 5) is 23.2. The molecule has 1 aromatic carbocycles. The molecule has 0 aliphatic heterocycles. The van der Waals surface area contributed by atoms with Gasteiger partial charge in [0.25, 0.3) is 0 Å². The standard InChI is InChI=1S/C16H21NO7/c1-21-12-8-14(23-3)13(22-2)7-10(12)5-6-15(19)17-11(9-18)16(20)24-4/h5-8,11,18H,9H2,1-4H3,(H,17,19)/b6-5+/t11-/m1/s1. The average Bonchev–Trinajstić information content (AvgIpc) is 2.62. The van der Waals surface area contributed by atoms with Crippen LogP contribution in [0.4, 0.5) is 0 Å². The number of hydrogen-bond donors (Lipinski definition) is 2. The molecule has 0 bridgehead atoms. The number of ether oxygens (including phenoxy) is 4. The third-order valence-electron chi connectivity index (χ3n) is 3.13. The zero-order chi connectivity index (χ0) is 18.1. The van der Waals surface area contributed by atoms with Gasteiger partial charge in [-0.15, -0.1) is 0 Å². The van der Waals surface area contributed by atoms with Crippen molar-refractivity contribution in [2.45, 2.75) is 6.04 Å². The quantitative estimate of drug-likeness (QED) is 0.521. The lowest BCUT2D eigenvalue weighted by Crippen LogP contribution is -2.43. The van der Waals surface area contributed by atoms with Crippen molar-refractivity contribution in [1.29, 1.82) is 0 Å². The number of carbonyl (C=O) groups is 2. The second-order valence-corrected chi connectivity index (χ2v) is 4.55. The summed E-state index contributed by atoms with van der Waals surface area (Å²) < 4.78 is 20.1. The van der Waals surface area contributed by atoms with Crippen molar-refractivity contribution >= 4 is 18.0 Å². The molecule has 2 N–H and O–H groups in total. The van der Waals surface area contributed by atoms with E-state index in [-0.39, 0.29) is 0 Å². The minimum atomic E-state index is -1.13. The van der Waals surface area contributed by atoms with E-state index in [1.165, 1.54) is 40.6 Å². The molecule has 8 nitrogen and oxygen atoms in total. The van der Waals surface area contributed by atoms with Crippen LogP contribution < -0.4 is 19.5 Å². The van der Waals surface area contributed by atoms with Gasteiger partial charge in [-0.2, -0.15) is 0 Å². The molecule has 1 atom stereocenters. The normalized spacial score (nSPS) is 11.7.